The maximum absolute atomic E-state index is 12.5. The minimum atomic E-state index is -0.0927. The van der Waals surface area contributed by atoms with Gasteiger partial charge in [-0.15, -0.1) is 11.3 Å². The molecule has 0 aromatic carbocycles. The molecule has 0 unspecified atom stereocenters. The van der Waals surface area contributed by atoms with Crippen molar-refractivity contribution in [1.29, 1.82) is 0 Å². The molecule has 0 aliphatic rings. The summed E-state index contributed by atoms with van der Waals surface area (Å²) in [6.07, 6.45) is 0. The minimum Gasteiger partial charge on any atom is -0.390 e. The van der Waals surface area contributed by atoms with Gasteiger partial charge in [0, 0.05) is 26.2 Å². The molecular weight excluding hydrogens is 286 g/mol. The predicted molar refractivity (Wildman–Crippen MR) is 88.0 cm³/mol. The van der Waals surface area contributed by atoms with E-state index in [0.29, 0.717) is 47.2 Å². The smallest absolute Gasteiger partial charge is 0.264 e. The van der Waals surface area contributed by atoms with Crippen molar-refractivity contribution in [3.05, 3.63) is 16.0 Å². The number of nitrogens with two attached hydrogens (primary N) is 1. The molecule has 5 nitrogen and oxygen atoms in total. The molecule has 0 aliphatic carbocycles. The highest BCUT2D eigenvalue weighted by Gasteiger charge is 2.27. The molecule has 0 aliphatic heterocycles. The molecule has 0 saturated carbocycles. The fourth-order valence-electron chi connectivity index (χ4n) is 2.33. The summed E-state index contributed by atoms with van der Waals surface area (Å²) < 4.78 is 0. The molecular formula is C15H25N3O2S. The Balaban J connectivity index is 3.22. The molecule has 1 aromatic heterocycles. The summed E-state index contributed by atoms with van der Waals surface area (Å²) in [5.41, 5.74) is 7.20. The average molecular weight is 311 g/mol. The Morgan fingerprint density at radius 2 is 1.38 bits per heavy atom. The van der Waals surface area contributed by atoms with E-state index in [1.54, 1.807) is 16.7 Å². The zero-order valence-corrected chi connectivity index (χ0v) is 14.3. The molecule has 0 saturated heterocycles. The summed E-state index contributed by atoms with van der Waals surface area (Å²) in [4.78, 5) is 29.0. The number of nitrogens with zero attached hydrogens (tertiary/aromatic N) is 2. The van der Waals surface area contributed by atoms with Crippen LogP contribution in [0.15, 0.2) is 0 Å². The molecule has 6 heteroatoms. The van der Waals surface area contributed by atoms with Crippen LogP contribution in [0.2, 0.25) is 0 Å². The van der Waals surface area contributed by atoms with Gasteiger partial charge in [0.15, 0.2) is 0 Å². The second-order valence-corrected chi connectivity index (χ2v) is 5.80. The molecule has 0 atom stereocenters. The van der Waals surface area contributed by atoms with E-state index in [2.05, 4.69) is 0 Å². The highest BCUT2D eigenvalue weighted by atomic mass is 32.1. The number of amides is 2. The van der Waals surface area contributed by atoms with Gasteiger partial charge in [-0.1, -0.05) is 0 Å². The van der Waals surface area contributed by atoms with E-state index in [1.807, 2.05) is 27.7 Å². The van der Waals surface area contributed by atoms with Crippen LogP contribution in [0.4, 0.5) is 5.00 Å². The maximum Gasteiger partial charge on any atom is 0.264 e. The molecule has 2 amide bonds. The molecule has 0 fully saturated rings. The van der Waals surface area contributed by atoms with Crippen molar-refractivity contribution in [2.24, 2.45) is 0 Å². The largest absolute Gasteiger partial charge is 0.390 e. The normalized spacial score (nSPS) is 10.5. The Morgan fingerprint density at radius 1 is 0.952 bits per heavy atom. The van der Waals surface area contributed by atoms with E-state index in [0.717, 1.165) is 0 Å². The summed E-state index contributed by atoms with van der Waals surface area (Å²) in [7, 11) is 0. The van der Waals surface area contributed by atoms with Gasteiger partial charge < -0.3 is 15.5 Å². The van der Waals surface area contributed by atoms with Crippen molar-refractivity contribution in [2.75, 3.05) is 31.9 Å². The molecule has 1 aromatic rings. The van der Waals surface area contributed by atoms with Crippen LogP contribution in [0.25, 0.3) is 0 Å². The second-order valence-electron chi connectivity index (χ2n) is 4.75. The van der Waals surface area contributed by atoms with Gasteiger partial charge in [-0.05, 0) is 40.2 Å². The topological polar surface area (TPSA) is 66.6 Å². The predicted octanol–water partition coefficient (Wildman–Crippen LogP) is 2.60. The third kappa shape index (κ3) is 3.37. The number of carbonyl (C=O) groups excluding carboxylic acids is 2. The zero-order chi connectivity index (χ0) is 16.2. The summed E-state index contributed by atoms with van der Waals surface area (Å²) in [5, 5.41) is 0.430. The minimum absolute atomic E-state index is 0.0483. The van der Waals surface area contributed by atoms with Crippen LogP contribution in [0.5, 0.6) is 0 Å². The second kappa shape index (κ2) is 7.45. The Hall–Kier alpha value is -1.56. The number of anilines is 1. The summed E-state index contributed by atoms with van der Waals surface area (Å²) in [5.74, 6) is -0.141. The fourth-order valence-corrected chi connectivity index (χ4v) is 3.36. The van der Waals surface area contributed by atoms with Crippen LogP contribution in [0, 0.1) is 6.92 Å². The van der Waals surface area contributed by atoms with Crippen LogP contribution >= 0.6 is 11.3 Å². The summed E-state index contributed by atoms with van der Waals surface area (Å²) in [6, 6.07) is 0. The van der Waals surface area contributed by atoms with Crippen LogP contribution in [-0.4, -0.2) is 47.8 Å². The van der Waals surface area contributed by atoms with E-state index < -0.39 is 0 Å². The summed E-state index contributed by atoms with van der Waals surface area (Å²) in [6.45, 7) is 12.1. The van der Waals surface area contributed by atoms with E-state index in [-0.39, 0.29) is 11.8 Å². The zero-order valence-electron chi connectivity index (χ0n) is 13.5. The van der Waals surface area contributed by atoms with Crippen LogP contribution in [-0.2, 0) is 0 Å². The highest BCUT2D eigenvalue weighted by Crippen LogP contribution is 2.32. The molecule has 0 spiro atoms. The van der Waals surface area contributed by atoms with Crippen molar-refractivity contribution in [2.45, 2.75) is 34.6 Å². The molecule has 0 radical (unpaired) electrons. The Bertz CT molecular complexity index is 517. The number of nitrogen functional groups attached to an aromatic ring is 1. The van der Waals surface area contributed by atoms with Gasteiger partial charge in [0.25, 0.3) is 11.8 Å². The van der Waals surface area contributed by atoms with Gasteiger partial charge in [-0.25, -0.2) is 0 Å². The van der Waals surface area contributed by atoms with Crippen LogP contribution < -0.4 is 5.73 Å². The Kier molecular flexibility index (Phi) is 6.20. The van der Waals surface area contributed by atoms with E-state index >= 15 is 0 Å². The van der Waals surface area contributed by atoms with Gasteiger partial charge >= 0.3 is 0 Å². The number of carbonyl (C=O) groups is 2. The average Bonchev–Trinajstić information content (AvgIpc) is 2.76. The monoisotopic (exact) mass is 311 g/mol. The van der Waals surface area contributed by atoms with Crippen molar-refractivity contribution >= 4 is 28.2 Å². The van der Waals surface area contributed by atoms with Crippen molar-refractivity contribution in [3.63, 3.8) is 0 Å². The molecule has 1 heterocycles. The molecule has 118 valence electrons. The van der Waals surface area contributed by atoms with E-state index in [9.17, 15) is 9.59 Å². The van der Waals surface area contributed by atoms with Gasteiger partial charge in [0.05, 0.1) is 15.4 Å². The molecule has 0 bridgehead atoms. The van der Waals surface area contributed by atoms with Gasteiger partial charge in [-0.2, -0.15) is 0 Å². The number of thiophene rings is 1. The van der Waals surface area contributed by atoms with Gasteiger partial charge in [0.2, 0.25) is 0 Å². The lowest BCUT2D eigenvalue weighted by Gasteiger charge is -2.20. The quantitative estimate of drug-likeness (QED) is 0.878. The standard InChI is InChI=1S/C15H25N3O2S/c1-6-17(7-2)14(19)11-10(5)12(21-13(11)16)15(20)18(8-3)9-4/h6-9,16H2,1-5H3. The molecule has 2 N–H and O–H groups in total. The number of hydrogen-bond donors (Lipinski definition) is 1. The van der Waals surface area contributed by atoms with Gasteiger partial charge in [-0.3, -0.25) is 9.59 Å². The van der Waals surface area contributed by atoms with E-state index in [1.165, 1.54) is 11.3 Å². The van der Waals surface area contributed by atoms with E-state index in [4.69, 9.17) is 5.73 Å². The lowest BCUT2D eigenvalue weighted by molar-refractivity contribution is 0.0774. The van der Waals surface area contributed by atoms with Crippen LogP contribution in [0.1, 0.15) is 53.3 Å². The van der Waals surface area contributed by atoms with Crippen LogP contribution in [0.3, 0.4) is 0 Å². The van der Waals surface area contributed by atoms with Crippen molar-refractivity contribution < 1.29 is 9.59 Å². The van der Waals surface area contributed by atoms with Gasteiger partial charge in [0.1, 0.15) is 0 Å². The SMILES string of the molecule is CCN(CC)C(=O)c1sc(N)c(C(=O)N(CC)CC)c1C. The third-order valence-electron chi connectivity index (χ3n) is 3.68. The number of rotatable bonds is 6. The first kappa shape index (κ1) is 17.5. The number of hydrogen-bond acceptors (Lipinski definition) is 4. The highest BCUT2D eigenvalue weighted by molar-refractivity contribution is 7.18. The lowest BCUT2D eigenvalue weighted by Crippen LogP contribution is -2.32. The summed E-state index contributed by atoms with van der Waals surface area (Å²) >= 11 is 1.21. The Morgan fingerprint density at radius 3 is 1.81 bits per heavy atom. The fraction of sp³-hybridized carbons (Fsp3) is 0.600. The lowest BCUT2D eigenvalue weighted by atomic mass is 10.1. The third-order valence-corrected chi connectivity index (χ3v) is 4.79. The van der Waals surface area contributed by atoms with Crippen molar-refractivity contribution in [3.8, 4) is 0 Å². The van der Waals surface area contributed by atoms with Crippen molar-refractivity contribution in [1.82, 2.24) is 9.80 Å². The first-order valence-corrected chi connectivity index (χ1v) is 8.21. The maximum atomic E-state index is 12.5. The first-order chi connectivity index (χ1) is 9.92. The molecule has 21 heavy (non-hydrogen) atoms. The Labute approximate surface area is 130 Å². The first-order valence-electron chi connectivity index (χ1n) is 7.40. The molecule has 1 rings (SSSR count).